The zero-order chi connectivity index (χ0) is 19.4. The molecule has 3 rings (SSSR count). The molecular formula is C19H15BrN2O5. The van der Waals surface area contributed by atoms with Gasteiger partial charge in [-0.2, -0.15) is 0 Å². The van der Waals surface area contributed by atoms with Gasteiger partial charge in [-0.1, -0.05) is 12.1 Å². The highest BCUT2D eigenvalue weighted by Crippen LogP contribution is 2.20. The van der Waals surface area contributed by atoms with E-state index >= 15 is 0 Å². The van der Waals surface area contributed by atoms with Crippen molar-refractivity contribution < 1.29 is 18.7 Å². The van der Waals surface area contributed by atoms with Crippen molar-refractivity contribution in [2.45, 2.75) is 6.92 Å². The van der Waals surface area contributed by atoms with Crippen LogP contribution in [0.3, 0.4) is 0 Å². The van der Waals surface area contributed by atoms with E-state index in [9.17, 15) is 14.4 Å². The number of hydrogen-bond acceptors (Lipinski definition) is 5. The van der Waals surface area contributed by atoms with Crippen molar-refractivity contribution in [2.24, 2.45) is 0 Å². The summed E-state index contributed by atoms with van der Waals surface area (Å²) in [5.41, 5.74) is 4.09. The predicted octanol–water partition coefficient (Wildman–Crippen LogP) is 3.03. The lowest BCUT2D eigenvalue weighted by Crippen LogP contribution is -2.43. The number of carbonyl (C=O) groups excluding carboxylic acids is 2. The van der Waals surface area contributed by atoms with Gasteiger partial charge in [-0.3, -0.25) is 20.4 Å². The molecule has 0 spiro atoms. The average molecular weight is 431 g/mol. The number of hydrogen-bond donors (Lipinski definition) is 2. The van der Waals surface area contributed by atoms with Gasteiger partial charge < -0.3 is 9.15 Å². The maximum absolute atomic E-state index is 12.3. The average Bonchev–Trinajstić information content (AvgIpc) is 2.66. The fourth-order valence-corrected chi connectivity index (χ4v) is 2.86. The molecule has 8 heteroatoms. The first-order chi connectivity index (χ1) is 13.0. The second-order valence-electron chi connectivity index (χ2n) is 5.47. The third-order valence-electron chi connectivity index (χ3n) is 3.67. The molecule has 0 bridgehead atoms. The lowest BCUT2D eigenvalue weighted by atomic mass is 10.1. The molecule has 27 heavy (non-hydrogen) atoms. The Morgan fingerprint density at radius 1 is 1.04 bits per heavy atom. The smallest absolute Gasteiger partial charge is 0.349 e. The van der Waals surface area contributed by atoms with Crippen LogP contribution in [0, 0.1) is 0 Å². The minimum absolute atomic E-state index is 0.223. The molecule has 2 aromatic carbocycles. The summed E-state index contributed by atoms with van der Waals surface area (Å²) in [6, 6.07) is 13.1. The lowest BCUT2D eigenvalue weighted by Gasteiger charge is -2.09. The Hall–Kier alpha value is -3.13. The lowest BCUT2D eigenvalue weighted by molar-refractivity contribution is 0.0844. The number of nitrogens with one attached hydrogen (secondary N) is 2. The molecule has 2 N–H and O–H groups in total. The topological polar surface area (TPSA) is 97.6 Å². The highest BCUT2D eigenvalue weighted by atomic mass is 79.9. The number of rotatable bonds is 4. The standard InChI is InChI=1S/C19H15BrN2O5/c1-2-26-12-8-7-11-9-14(19(25)27-16(11)10-12)18(24)22-21-17(23)13-5-3-4-6-15(13)20/h3-10H,2H2,1H3,(H,21,23)(H,22,24). The van der Waals surface area contributed by atoms with E-state index in [1.54, 1.807) is 42.5 Å². The van der Waals surface area contributed by atoms with Crippen LogP contribution >= 0.6 is 15.9 Å². The Kier molecular flexibility index (Phi) is 5.56. The van der Waals surface area contributed by atoms with E-state index in [-0.39, 0.29) is 5.56 Å². The Labute approximate surface area is 162 Å². The molecule has 3 aromatic rings. The van der Waals surface area contributed by atoms with Gasteiger partial charge in [0.15, 0.2) is 0 Å². The van der Waals surface area contributed by atoms with E-state index in [0.717, 1.165) is 0 Å². The zero-order valence-corrected chi connectivity index (χ0v) is 15.8. The van der Waals surface area contributed by atoms with Crippen molar-refractivity contribution in [1.82, 2.24) is 10.9 Å². The molecule has 1 aromatic heterocycles. The molecule has 138 valence electrons. The minimum atomic E-state index is -0.816. The Morgan fingerprint density at radius 2 is 1.74 bits per heavy atom. The molecule has 0 fully saturated rings. The summed E-state index contributed by atoms with van der Waals surface area (Å²) in [6.45, 7) is 2.32. The Bertz CT molecular complexity index is 1080. The number of benzene rings is 2. The number of carbonyl (C=O) groups is 2. The SMILES string of the molecule is CCOc1ccc2cc(C(=O)NNC(=O)c3ccccc3Br)c(=O)oc2c1. The van der Waals surface area contributed by atoms with Crippen molar-refractivity contribution in [3.8, 4) is 5.75 Å². The van der Waals surface area contributed by atoms with Gasteiger partial charge >= 0.3 is 5.63 Å². The molecule has 0 atom stereocenters. The Balaban J connectivity index is 1.78. The van der Waals surface area contributed by atoms with Gasteiger partial charge in [0, 0.05) is 15.9 Å². The molecule has 0 aliphatic carbocycles. The van der Waals surface area contributed by atoms with Crippen LogP contribution in [-0.4, -0.2) is 18.4 Å². The highest BCUT2D eigenvalue weighted by Gasteiger charge is 2.16. The van der Waals surface area contributed by atoms with Crippen LogP contribution in [0.25, 0.3) is 11.0 Å². The summed E-state index contributed by atoms with van der Waals surface area (Å²) in [4.78, 5) is 36.5. The first kappa shape index (κ1) is 18.7. The second-order valence-corrected chi connectivity index (χ2v) is 6.32. The highest BCUT2D eigenvalue weighted by molar-refractivity contribution is 9.10. The van der Waals surface area contributed by atoms with Crippen molar-refractivity contribution in [2.75, 3.05) is 6.61 Å². The number of ether oxygens (including phenoxy) is 1. The maximum Gasteiger partial charge on any atom is 0.349 e. The van der Waals surface area contributed by atoms with Crippen LogP contribution < -0.4 is 21.2 Å². The normalized spacial score (nSPS) is 10.4. The number of amides is 2. The molecule has 0 aliphatic rings. The van der Waals surface area contributed by atoms with Crippen LogP contribution in [0.5, 0.6) is 5.75 Å². The largest absolute Gasteiger partial charge is 0.494 e. The molecule has 2 amide bonds. The third-order valence-corrected chi connectivity index (χ3v) is 4.36. The molecule has 0 radical (unpaired) electrons. The van der Waals surface area contributed by atoms with Crippen molar-refractivity contribution in [1.29, 1.82) is 0 Å². The van der Waals surface area contributed by atoms with E-state index in [0.29, 0.717) is 33.4 Å². The van der Waals surface area contributed by atoms with Gasteiger partial charge in [-0.15, -0.1) is 0 Å². The summed E-state index contributed by atoms with van der Waals surface area (Å²) in [5, 5.41) is 0.556. The number of fused-ring (bicyclic) bond motifs is 1. The number of hydrazine groups is 1. The van der Waals surface area contributed by atoms with Gasteiger partial charge in [0.25, 0.3) is 11.8 Å². The molecule has 0 saturated carbocycles. The van der Waals surface area contributed by atoms with Gasteiger partial charge in [0.05, 0.1) is 12.2 Å². The fraction of sp³-hybridized carbons (Fsp3) is 0.105. The van der Waals surface area contributed by atoms with E-state index in [4.69, 9.17) is 9.15 Å². The van der Waals surface area contributed by atoms with Crippen LogP contribution in [-0.2, 0) is 0 Å². The predicted molar refractivity (Wildman–Crippen MR) is 103 cm³/mol. The van der Waals surface area contributed by atoms with Crippen LogP contribution in [0.1, 0.15) is 27.6 Å². The van der Waals surface area contributed by atoms with Gasteiger partial charge in [0.2, 0.25) is 0 Å². The quantitative estimate of drug-likeness (QED) is 0.489. The monoisotopic (exact) mass is 430 g/mol. The van der Waals surface area contributed by atoms with Gasteiger partial charge in [-0.05, 0) is 53.2 Å². The molecular weight excluding hydrogens is 416 g/mol. The first-order valence-electron chi connectivity index (χ1n) is 8.05. The van der Waals surface area contributed by atoms with E-state index in [1.807, 2.05) is 6.92 Å². The summed E-state index contributed by atoms with van der Waals surface area (Å²) in [7, 11) is 0. The third kappa shape index (κ3) is 4.17. The van der Waals surface area contributed by atoms with Crippen LogP contribution in [0.15, 0.2) is 62.2 Å². The van der Waals surface area contributed by atoms with Gasteiger partial charge in [0.1, 0.15) is 16.9 Å². The Morgan fingerprint density at radius 3 is 2.44 bits per heavy atom. The fourth-order valence-electron chi connectivity index (χ4n) is 2.40. The molecule has 1 heterocycles. The molecule has 0 saturated heterocycles. The van der Waals surface area contributed by atoms with Crippen molar-refractivity contribution in [3.05, 3.63) is 74.6 Å². The zero-order valence-electron chi connectivity index (χ0n) is 14.2. The summed E-state index contributed by atoms with van der Waals surface area (Å²) in [6.07, 6.45) is 0. The molecule has 0 aliphatic heterocycles. The van der Waals surface area contributed by atoms with Crippen LogP contribution in [0.4, 0.5) is 0 Å². The number of halogens is 1. The maximum atomic E-state index is 12.3. The van der Waals surface area contributed by atoms with E-state index < -0.39 is 17.4 Å². The minimum Gasteiger partial charge on any atom is -0.494 e. The second kappa shape index (κ2) is 8.05. The van der Waals surface area contributed by atoms with Crippen LogP contribution in [0.2, 0.25) is 0 Å². The summed E-state index contributed by atoms with van der Waals surface area (Å²) < 4.78 is 11.1. The molecule has 0 unspecified atom stereocenters. The van der Waals surface area contributed by atoms with Gasteiger partial charge in [-0.25, -0.2) is 4.79 Å². The summed E-state index contributed by atoms with van der Waals surface area (Å²) >= 11 is 3.26. The van der Waals surface area contributed by atoms with Crippen molar-refractivity contribution in [3.63, 3.8) is 0 Å². The summed E-state index contributed by atoms with van der Waals surface area (Å²) in [5.74, 6) is -0.742. The van der Waals surface area contributed by atoms with Crippen molar-refractivity contribution >= 4 is 38.7 Å². The molecule has 7 nitrogen and oxygen atoms in total. The first-order valence-corrected chi connectivity index (χ1v) is 8.85. The van der Waals surface area contributed by atoms with E-state index in [1.165, 1.54) is 6.07 Å². The van der Waals surface area contributed by atoms with E-state index in [2.05, 4.69) is 26.8 Å².